The summed E-state index contributed by atoms with van der Waals surface area (Å²) in [6, 6.07) is 1.75. The van der Waals surface area contributed by atoms with E-state index >= 15 is 0 Å². The van der Waals surface area contributed by atoms with Crippen LogP contribution in [-0.4, -0.2) is 11.3 Å². The van der Waals surface area contributed by atoms with Crippen LogP contribution in [0.15, 0.2) is 18.5 Å². The van der Waals surface area contributed by atoms with E-state index in [-0.39, 0.29) is 0 Å². The number of rotatable bonds is 3. The van der Waals surface area contributed by atoms with Crippen LogP contribution in [0.5, 0.6) is 0 Å². The largest absolute Gasteiger partial charge is 0.298 e. The molecule has 1 heterocycles. The molecular formula is C10H13NO. The third kappa shape index (κ3) is 2.16. The molecule has 0 amide bonds. The molecule has 0 N–H and O–H groups in total. The highest BCUT2D eigenvalue weighted by Crippen LogP contribution is 2.10. The highest BCUT2D eigenvalue weighted by molar-refractivity contribution is 5.76. The van der Waals surface area contributed by atoms with Gasteiger partial charge in [0, 0.05) is 18.0 Å². The summed E-state index contributed by atoms with van der Waals surface area (Å²) in [6.45, 7) is 4.25. The van der Waals surface area contributed by atoms with Gasteiger partial charge in [0.1, 0.15) is 6.29 Å². The van der Waals surface area contributed by atoms with Gasteiger partial charge in [-0.05, 0) is 24.0 Å². The SMILES string of the molecule is CC(C)Cc1cnccc1C=O. The van der Waals surface area contributed by atoms with Crippen molar-refractivity contribution in [3.8, 4) is 0 Å². The van der Waals surface area contributed by atoms with Crippen molar-refractivity contribution in [2.45, 2.75) is 20.3 Å². The fraction of sp³-hybridized carbons (Fsp3) is 0.400. The fourth-order valence-corrected chi connectivity index (χ4v) is 1.16. The number of aldehydes is 1. The second kappa shape index (κ2) is 4.00. The molecule has 0 aliphatic rings. The van der Waals surface area contributed by atoms with Gasteiger partial charge >= 0.3 is 0 Å². The van der Waals surface area contributed by atoms with Crippen LogP contribution in [-0.2, 0) is 6.42 Å². The third-order valence-electron chi connectivity index (χ3n) is 1.70. The number of carbonyl (C=O) groups is 1. The predicted octanol–water partition coefficient (Wildman–Crippen LogP) is 2.09. The molecule has 0 saturated heterocycles. The van der Waals surface area contributed by atoms with Gasteiger partial charge < -0.3 is 0 Å². The minimum absolute atomic E-state index is 0.563. The molecule has 1 aromatic heterocycles. The van der Waals surface area contributed by atoms with E-state index in [1.807, 2.05) is 0 Å². The van der Waals surface area contributed by atoms with E-state index < -0.39 is 0 Å². The highest BCUT2D eigenvalue weighted by atomic mass is 16.1. The number of carbonyl (C=O) groups excluding carboxylic acids is 1. The standard InChI is InChI=1S/C10H13NO/c1-8(2)5-10-6-11-4-3-9(10)7-12/h3-4,6-8H,5H2,1-2H3. The minimum Gasteiger partial charge on any atom is -0.298 e. The fourth-order valence-electron chi connectivity index (χ4n) is 1.16. The second-order valence-corrected chi connectivity index (χ2v) is 3.29. The second-order valence-electron chi connectivity index (χ2n) is 3.29. The van der Waals surface area contributed by atoms with Gasteiger partial charge in [0.15, 0.2) is 0 Å². The van der Waals surface area contributed by atoms with Gasteiger partial charge in [-0.15, -0.1) is 0 Å². The Bertz CT molecular complexity index is 268. The molecule has 2 heteroatoms. The number of pyridine rings is 1. The van der Waals surface area contributed by atoms with Gasteiger partial charge in [-0.2, -0.15) is 0 Å². The molecule has 1 aromatic rings. The van der Waals surface area contributed by atoms with Crippen LogP contribution in [0.2, 0.25) is 0 Å². The highest BCUT2D eigenvalue weighted by Gasteiger charge is 2.02. The molecule has 0 fully saturated rings. The van der Waals surface area contributed by atoms with E-state index in [1.165, 1.54) is 0 Å². The van der Waals surface area contributed by atoms with Crippen molar-refractivity contribution in [1.82, 2.24) is 4.98 Å². The first-order valence-corrected chi connectivity index (χ1v) is 4.12. The molecule has 0 atom stereocenters. The summed E-state index contributed by atoms with van der Waals surface area (Å²) in [5.41, 5.74) is 1.81. The Labute approximate surface area is 72.6 Å². The Balaban J connectivity index is 2.89. The molecule has 0 aromatic carbocycles. The van der Waals surface area contributed by atoms with Crippen LogP contribution in [0.1, 0.15) is 29.8 Å². The summed E-state index contributed by atoms with van der Waals surface area (Å²) < 4.78 is 0. The lowest BCUT2D eigenvalue weighted by Crippen LogP contribution is -1.99. The smallest absolute Gasteiger partial charge is 0.150 e. The van der Waals surface area contributed by atoms with Crippen molar-refractivity contribution in [3.05, 3.63) is 29.6 Å². The number of hydrogen-bond acceptors (Lipinski definition) is 2. The number of aromatic nitrogens is 1. The number of nitrogens with zero attached hydrogens (tertiary/aromatic N) is 1. The summed E-state index contributed by atoms with van der Waals surface area (Å²) in [5.74, 6) is 0.563. The van der Waals surface area contributed by atoms with E-state index in [1.54, 1.807) is 18.5 Å². The van der Waals surface area contributed by atoms with Crippen LogP contribution in [0.3, 0.4) is 0 Å². The molecule has 12 heavy (non-hydrogen) atoms. The zero-order valence-corrected chi connectivity index (χ0v) is 7.45. The number of hydrogen-bond donors (Lipinski definition) is 0. The normalized spacial score (nSPS) is 10.2. The van der Waals surface area contributed by atoms with Gasteiger partial charge in [0.2, 0.25) is 0 Å². The summed E-state index contributed by atoms with van der Waals surface area (Å²) in [6.07, 6.45) is 5.22. The summed E-state index contributed by atoms with van der Waals surface area (Å²) in [4.78, 5) is 14.6. The Hall–Kier alpha value is -1.18. The molecule has 0 radical (unpaired) electrons. The van der Waals surface area contributed by atoms with Crippen LogP contribution < -0.4 is 0 Å². The van der Waals surface area contributed by atoms with Crippen molar-refractivity contribution in [1.29, 1.82) is 0 Å². The molecular weight excluding hydrogens is 150 g/mol. The topological polar surface area (TPSA) is 30.0 Å². The van der Waals surface area contributed by atoms with E-state index in [0.29, 0.717) is 5.92 Å². The Morgan fingerprint density at radius 2 is 2.33 bits per heavy atom. The van der Waals surface area contributed by atoms with E-state index in [2.05, 4.69) is 18.8 Å². The van der Waals surface area contributed by atoms with Crippen LogP contribution in [0, 0.1) is 5.92 Å². The van der Waals surface area contributed by atoms with Crippen LogP contribution in [0.25, 0.3) is 0 Å². The molecule has 0 unspecified atom stereocenters. The zero-order chi connectivity index (χ0) is 8.97. The zero-order valence-electron chi connectivity index (χ0n) is 7.45. The van der Waals surface area contributed by atoms with E-state index in [0.717, 1.165) is 23.8 Å². The molecule has 0 spiro atoms. The van der Waals surface area contributed by atoms with Crippen molar-refractivity contribution in [2.75, 3.05) is 0 Å². The van der Waals surface area contributed by atoms with Gasteiger partial charge in [-0.3, -0.25) is 9.78 Å². The van der Waals surface area contributed by atoms with E-state index in [9.17, 15) is 4.79 Å². The molecule has 0 aliphatic carbocycles. The Kier molecular flexibility index (Phi) is 2.97. The first-order valence-electron chi connectivity index (χ1n) is 4.12. The average Bonchev–Trinajstić information content (AvgIpc) is 2.04. The monoisotopic (exact) mass is 163 g/mol. The Morgan fingerprint density at radius 1 is 1.58 bits per heavy atom. The van der Waals surface area contributed by atoms with Crippen LogP contribution >= 0.6 is 0 Å². The average molecular weight is 163 g/mol. The maximum absolute atomic E-state index is 10.6. The van der Waals surface area contributed by atoms with Crippen molar-refractivity contribution in [3.63, 3.8) is 0 Å². The molecule has 0 saturated carbocycles. The van der Waals surface area contributed by atoms with Crippen molar-refractivity contribution < 1.29 is 4.79 Å². The molecule has 2 nitrogen and oxygen atoms in total. The molecule has 0 bridgehead atoms. The lowest BCUT2D eigenvalue weighted by molar-refractivity contribution is 0.112. The van der Waals surface area contributed by atoms with Gasteiger partial charge in [-0.1, -0.05) is 13.8 Å². The summed E-state index contributed by atoms with van der Waals surface area (Å²) >= 11 is 0. The first kappa shape index (κ1) is 8.91. The lowest BCUT2D eigenvalue weighted by atomic mass is 10.0. The molecule has 0 aliphatic heterocycles. The molecule has 1 rings (SSSR count). The van der Waals surface area contributed by atoms with Crippen molar-refractivity contribution in [2.24, 2.45) is 5.92 Å². The van der Waals surface area contributed by atoms with E-state index in [4.69, 9.17) is 0 Å². The summed E-state index contributed by atoms with van der Waals surface area (Å²) in [5, 5.41) is 0. The maximum Gasteiger partial charge on any atom is 0.150 e. The van der Waals surface area contributed by atoms with Crippen molar-refractivity contribution >= 4 is 6.29 Å². The van der Waals surface area contributed by atoms with Gasteiger partial charge in [0.05, 0.1) is 0 Å². The predicted molar refractivity (Wildman–Crippen MR) is 48.2 cm³/mol. The third-order valence-corrected chi connectivity index (χ3v) is 1.70. The lowest BCUT2D eigenvalue weighted by Gasteiger charge is -2.05. The summed E-state index contributed by atoms with van der Waals surface area (Å²) in [7, 11) is 0. The van der Waals surface area contributed by atoms with Gasteiger partial charge in [0.25, 0.3) is 0 Å². The molecule has 64 valence electrons. The minimum atomic E-state index is 0.563. The first-order chi connectivity index (χ1) is 5.74. The maximum atomic E-state index is 10.6. The Morgan fingerprint density at radius 3 is 2.92 bits per heavy atom. The quantitative estimate of drug-likeness (QED) is 0.639. The van der Waals surface area contributed by atoms with Crippen LogP contribution in [0.4, 0.5) is 0 Å². The van der Waals surface area contributed by atoms with Gasteiger partial charge in [-0.25, -0.2) is 0 Å².